The molecular weight excluding hydrogens is 228 g/mol. The molecular formula is C15H12O3. The van der Waals surface area contributed by atoms with Gasteiger partial charge in [0.2, 0.25) is 0 Å². The van der Waals surface area contributed by atoms with Crippen molar-refractivity contribution in [1.29, 1.82) is 0 Å². The molecule has 0 aromatic heterocycles. The molecule has 18 heavy (non-hydrogen) atoms. The first-order valence-electron chi connectivity index (χ1n) is 5.56. The normalized spacial score (nSPS) is 9.78. The summed E-state index contributed by atoms with van der Waals surface area (Å²) in [6.45, 7) is -0.0745. The molecule has 0 spiro atoms. The third kappa shape index (κ3) is 2.83. The highest BCUT2D eigenvalue weighted by atomic mass is 16.5. The lowest BCUT2D eigenvalue weighted by Crippen LogP contribution is -2.12. The molecule has 0 saturated carbocycles. The van der Waals surface area contributed by atoms with Gasteiger partial charge in [-0.15, -0.1) is 0 Å². The second kappa shape index (κ2) is 5.77. The van der Waals surface area contributed by atoms with Crippen LogP contribution in [0.2, 0.25) is 0 Å². The fourth-order valence-corrected chi connectivity index (χ4v) is 1.56. The number of aldehydes is 1. The van der Waals surface area contributed by atoms with Gasteiger partial charge in [-0.25, -0.2) is 0 Å². The fourth-order valence-electron chi connectivity index (χ4n) is 1.56. The van der Waals surface area contributed by atoms with Gasteiger partial charge in [0.05, 0.1) is 5.56 Å². The summed E-state index contributed by atoms with van der Waals surface area (Å²) in [6.07, 6.45) is 0.711. The average molecular weight is 240 g/mol. The number of hydrogen-bond donors (Lipinski definition) is 0. The Morgan fingerprint density at radius 1 is 1.00 bits per heavy atom. The summed E-state index contributed by atoms with van der Waals surface area (Å²) in [6, 6.07) is 15.7. The van der Waals surface area contributed by atoms with Crippen molar-refractivity contribution in [3.05, 3.63) is 65.7 Å². The van der Waals surface area contributed by atoms with Crippen LogP contribution >= 0.6 is 0 Å². The van der Waals surface area contributed by atoms with Gasteiger partial charge in [0.15, 0.2) is 18.7 Å². The maximum Gasteiger partial charge on any atom is 0.200 e. The number of benzene rings is 2. The van der Waals surface area contributed by atoms with Gasteiger partial charge in [-0.05, 0) is 12.1 Å². The molecule has 0 aliphatic carbocycles. The van der Waals surface area contributed by atoms with Crippen molar-refractivity contribution in [1.82, 2.24) is 0 Å². The summed E-state index contributed by atoms with van der Waals surface area (Å²) in [5.41, 5.74) is 1.04. The molecule has 0 atom stereocenters. The van der Waals surface area contributed by atoms with Gasteiger partial charge in [-0.1, -0.05) is 42.5 Å². The average Bonchev–Trinajstić information content (AvgIpc) is 2.46. The molecule has 0 bridgehead atoms. The van der Waals surface area contributed by atoms with Crippen molar-refractivity contribution < 1.29 is 14.3 Å². The summed E-state index contributed by atoms with van der Waals surface area (Å²) < 4.78 is 5.36. The van der Waals surface area contributed by atoms with Gasteiger partial charge in [-0.3, -0.25) is 9.59 Å². The van der Waals surface area contributed by atoms with E-state index in [2.05, 4.69) is 0 Å². The number of ketones is 1. The predicted octanol–water partition coefficient (Wildman–Crippen LogP) is 2.76. The quantitative estimate of drug-likeness (QED) is 0.596. The minimum absolute atomic E-state index is 0.0745. The monoisotopic (exact) mass is 240 g/mol. The first-order valence-corrected chi connectivity index (χ1v) is 5.56. The van der Waals surface area contributed by atoms with Crippen LogP contribution < -0.4 is 4.74 Å². The minimum Gasteiger partial charge on any atom is -0.485 e. The van der Waals surface area contributed by atoms with E-state index in [0.717, 1.165) is 0 Å². The van der Waals surface area contributed by atoms with Crippen molar-refractivity contribution in [2.75, 3.05) is 6.61 Å². The first-order chi connectivity index (χ1) is 8.81. The standard InChI is InChI=1S/C15H12O3/c16-10-13-8-4-5-9-15(13)18-11-14(17)12-6-2-1-3-7-12/h1-10H,11H2. The molecule has 0 radical (unpaired) electrons. The van der Waals surface area contributed by atoms with Gasteiger partial charge in [-0.2, -0.15) is 0 Å². The topological polar surface area (TPSA) is 43.4 Å². The number of para-hydroxylation sites is 1. The summed E-state index contributed by atoms with van der Waals surface area (Å²) in [5.74, 6) is 0.313. The van der Waals surface area contributed by atoms with Crippen molar-refractivity contribution in [2.45, 2.75) is 0 Å². The lowest BCUT2D eigenvalue weighted by Gasteiger charge is -2.07. The highest BCUT2D eigenvalue weighted by Gasteiger charge is 2.07. The second-order valence-electron chi connectivity index (χ2n) is 3.73. The van der Waals surface area contributed by atoms with Crippen LogP contribution in [-0.4, -0.2) is 18.7 Å². The van der Waals surface area contributed by atoms with Crippen LogP contribution in [0.5, 0.6) is 5.75 Å². The molecule has 0 unspecified atom stereocenters. The third-order valence-electron chi connectivity index (χ3n) is 2.50. The van der Waals surface area contributed by atoms with Crippen molar-refractivity contribution >= 4 is 12.1 Å². The number of carbonyl (C=O) groups is 2. The summed E-state index contributed by atoms with van der Waals surface area (Å²) in [4.78, 5) is 22.6. The molecule has 0 amide bonds. The molecule has 3 heteroatoms. The van der Waals surface area contributed by atoms with Crippen molar-refractivity contribution in [2.24, 2.45) is 0 Å². The van der Waals surface area contributed by atoms with Gasteiger partial charge in [0.1, 0.15) is 5.75 Å². The number of carbonyl (C=O) groups excluding carboxylic acids is 2. The number of ether oxygens (including phenoxy) is 1. The Morgan fingerprint density at radius 3 is 2.39 bits per heavy atom. The largest absolute Gasteiger partial charge is 0.485 e. The Kier molecular flexibility index (Phi) is 3.86. The first kappa shape index (κ1) is 12.0. The number of hydrogen-bond acceptors (Lipinski definition) is 3. The van der Waals surface area contributed by atoms with E-state index in [1.807, 2.05) is 6.07 Å². The summed E-state index contributed by atoms with van der Waals surface area (Å²) in [7, 11) is 0. The van der Waals surface area contributed by atoms with E-state index in [9.17, 15) is 9.59 Å². The highest BCUT2D eigenvalue weighted by Crippen LogP contribution is 2.15. The molecule has 2 rings (SSSR count). The number of rotatable bonds is 5. The molecule has 0 aliphatic heterocycles. The zero-order valence-corrected chi connectivity index (χ0v) is 9.71. The maximum atomic E-state index is 11.8. The highest BCUT2D eigenvalue weighted by molar-refractivity contribution is 5.97. The Hall–Kier alpha value is -2.42. The lowest BCUT2D eigenvalue weighted by molar-refractivity contribution is 0.0918. The van der Waals surface area contributed by atoms with E-state index in [1.54, 1.807) is 48.5 Å². The molecule has 2 aromatic rings. The van der Waals surface area contributed by atoms with Gasteiger partial charge < -0.3 is 4.74 Å². The maximum absolute atomic E-state index is 11.8. The molecule has 0 fully saturated rings. The smallest absolute Gasteiger partial charge is 0.200 e. The van der Waals surface area contributed by atoms with Gasteiger partial charge in [0.25, 0.3) is 0 Å². The molecule has 90 valence electrons. The number of Topliss-reactive ketones (excluding diaryl/α,β-unsaturated/α-hetero) is 1. The van der Waals surface area contributed by atoms with Crippen LogP contribution in [0.4, 0.5) is 0 Å². The minimum atomic E-state index is -0.115. The van der Waals surface area contributed by atoms with Crippen LogP contribution in [0.25, 0.3) is 0 Å². The van der Waals surface area contributed by atoms with Crippen molar-refractivity contribution in [3.63, 3.8) is 0 Å². The van der Waals surface area contributed by atoms with Crippen LogP contribution in [-0.2, 0) is 0 Å². The Balaban J connectivity index is 2.04. The molecule has 3 nitrogen and oxygen atoms in total. The van der Waals surface area contributed by atoms with Crippen molar-refractivity contribution in [3.8, 4) is 5.75 Å². The van der Waals surface area contributed by atoms with E-state index in [0.29, 0.717) is 23.2 Å². The Morgan fingerprint density at radius 2 is 1.67 bits per heavy atom. The van der Waals surface area contributed by atoms with Crippen LogP contribution in [0.3, 0.4) is 0 Å². The molecule has 0 heterocycles. The van der Waals surface area contributed by atoms with Crippen LogP contribution in [0, 0.1) is 0 Å². The van der Waals surface area contributed by atoms with E-state index in [1.165, 1.54) is 0 Å². The van der Waals surface area contributed by atoms with E-state index in [4.69, 9.17) is 4.74 Å². The van der Waals surface area contributed by atoms with Gasteiger partial charge in [0, 0.05) is 5.56 Å². The molecule has 0 saturated heterocycles. The van der Waals surface area contributed by atoms with E-state index in [-0.39, 0.29) is 12.4 Å². The Bertz CT molecular complexity index is 547. The zero-order chi connectivity index (χ0) is 12.8. The summed E-state index contributed by atoms with van der Waals surface area (Å²) in [5, 5.41) is 0. The van der Waals surface area contributed by atoms with Crippen LogP contribution in [0.15, 0.2) is 54.6 Å². The third-order valence-corrected chi connectivity index (χ3v) is 2.50. The predicted molar refractivity (Wildman–Crippen MR) is 68.1 cm³/mol. The summed E-state index contributed by atoms with van der Waals surface area (Å²) >= 11 is 0. The molecule has 0 N–H and O–H groups in total. The molecule has 2 aromatic carbocycles. The second-order valence-corrected chi connectivity index (χ2v) is 3.73. The van der Waals surface area contributed by atoms with E-state index >= 15 is 0 Å². The van der Waals surface area contributed by atoms with E-state index < -0.39 is 0 Å². The molecule has 0 aliphatic rings. The lowest BCUT2D eigenvalue weighted by atomic mass is 10.1. The fraction of sp³-hybridized carbons (Fsp3) is 0.0667. The Labute approximate surface area is 105 Å². The van der Waals surface area contributed by atoms with Gasteiger partial charge >= 0.3 is 0 Å². The SMILES string of the molecule is O=Cc1ccccc1OCC(=O)c1ccccc1. The van der Waals surface area contributed by atoms with Crippen LogP contribution in [0.1, 0.15) is 20.7 Å². The zero-order valence-electron chi connectivity index (χ0n) is 9.71.